The third kappa shape index (κ3) is 2.49. The van der Waals surface area contributed by atoms with Crippen molar-refractivity contribution in [3.63, 3.8) is 0 Å². The molecule has 8 nitrogen and oxygen atoms in total. The van der Waals surface area contributed by atoms with Crippen LogP contribution < -0.4 is 0 Å². The van der Waals surface area contributed by atoms with Crippen LogP contribution in [0.25, 0.3) is 11.7 Å². The summed E-state index contributed by atoms with van der Waals surface area (Å²) in [6.07, 6.45) is 4.02. The van der Waals surface area contributed by atoms with Crippen molar-refractivity contribution in [1.29, 1.82) is 0 Å². The smallest absolute Gasteiger partial charge is 0.293 e. The second-order valence-corrected chi connectivity index (χ2v) is 5.70. The molecule has 24 heavy (non-hydrogen) atoms. The van der Waals surface area contributed by atoms with Crippen molar-refractivity contribution in [2.45, 2.75) is 25.8 Å². The van der Waals surface area contributed by atoms with Crippen LogP contribution in [0.3, 0.4) is 0 Å². The molecule has 4 rings (SSSR count). The molecule has 4 heterocycles. The average molecular weight is 327 g/mol. The third-order valence-corrected chi connectivity index (χ3v) is 4.25. The van der Waals surface area contributed by atoms with Crippen LogP contribution in [0.2, 0.25) is 0 Å². The van der Waals surface area contributed by atoms with Gasteiger partial charge in [0.25, 0.3) is 11.8 Å². The molecule has 0 spiro atoms. The highest BCUT2D eigenvalue weighted by molar-refractivity contribution is 5.92. The van der Waals surface area contributed by atoms with E-state index >= 15 is 0 Å². The van der Waals surface area contributed by atoms with Crippen LogP contribution in [0, 0.1) is 0 Å². The molecule has 0 saturated carbocycles. The maximum atomic E-state index is 12.6. The Bertz CT molecular complexity index is 836. The Labute approximate surface area is 138 Å². The van der Waals surface area contributed by atoms with Gasteiger partial charge in [0.1, 0.15) is 5.69 Å². The van der Waals surface area contributed by atoms with E-state index < -0.39 is 0 Å². The normalized spacial score (nSPS) is 17.5. The Morgan fingerprint density at radius 2 is 2.33 bits per heavy atom. The fourth-order valence-corrected chi connectivity index (χ4v) is 2.98. The summed E-state index contributed by atoms with van der Waals surface area (Å²) in [6, 6.07) is 5.29. The van der Waals surface area contributed by atoms with Crippen molar-refractivity contribution in [1.82, 2.24) is 24.8 Å². The maximum Gasteiger partial charge on any atom is 0.293 e. The molecule has 0 aliphatic carbocycles. The van der Waals surface area contributed by atoms with Gasteiger partial charge in [-0.2, -0.15) is 10.1 Å². The molecule has 0 radical (unpaired) electrons. The van der Waals surface area contributed by atoms with Gasteiger partial charge in [0.2, 0.25) is 0 Å². The molecule has 3 aromatic rings. The molecule has 0 aromatic carbocycles. The van der Waals surface area contributed by atoms with Crippen LogP contribution in [-0.4, -0.2) is 43.8 Å². The number of likely N-dealkylation sites (tertiary alicyclic amines) is 1. The third-order valence-electron chi connectivity index (χ3n) is 4.25. The number of aromatic nitrogens is 4. The number of nitrogens with zero attached hydrogens (tertiary/aromatic N) is 5. The van der Waals surface area contributed by atoms with E-state index in [1.54, 1.807) is 35.3 Å². The number of hydrogen-bond donors (Lipinski definition) is 0. The summed E-state index contributed by atoms with van der Waals surface area (Å²) < 4.78 is 12.2. The Morgan fingerprint density at radius 3 is 3.12 bits per heavy atom. The van der Waals surface area contributed by atoms with Crippen LogP contribution in [0.15, 0.2) is 39.6 Å². The average Bonchev–Trinajstić information content (AvgIpc) is 3.41. The Hall–Kier alpha value is -2.90. The van der Waals surface area contributed by atoms with Gasteiger partial charge in [0.15, 0.2) is 11.6 Å². The van der Waals surface area contributed by atoms with E-state index in [1.807, 2.05) is 11.8 Å². The Morgan fingerprint density at radius 1 is 1.42 bits per heavy atom. The monoisotopic (exact) mass is 327 g/mol. The summed E-state index contributed by atoms with van der Waals surface area (Å²) in [7, 11) is 0. The molecule has 8 heteroatoms. The Kier molecular flexibility index (Phi) is 3.64. The second kappa shape index (κ2) is 5.95. The first-order valence-electron chi connectivity index (χ1n) is 7.95. The zero-order chi connectivity index (χ0) is 16.5. The topological polar surface area (TPSA) is 90.2 Å². The van der Waals surface area contributed by atoms with E-state index in [0.29, 0.717) is 42.8 Å². The molecule has 124 valence electrons. The predicted molar refractivity (Wildman–Crippen MR) is 83.2 cm³/mol. The SMILES string of the molecule is CCn1nccc1C(=O)N1CC[C@H](c2noc(-c3ccco3)n2)C1. The van der Waals surface area contributed by atoms with E-state index in [2.05, 4.69) is 15.2 Å². The number of hydrogen-bond acceptors (Lipinski definition) is 6. The predicted octanol–water partition coefficient (Wildman–Crippen LogP) is 2.18. The van der Waals surface area contributed by atoms with E-state index in [0.717, 1.165) is 6.42 Å². The fourth-order valence-electron chi connectivity index (χ4n) is 2.98. The lowest BCUT2D eigenvalue weighted by Gasteiger charge is -2.16. The lowest BCUT2D eigenvalue weighted by molar-refractivity contribution is 0.0778. The fraction of sp³-hybridized carbons (Fsp3) is 0.375. The van der Waals surface area contributed by atoms with Gasteiger partial charge in [-0.25, -0.2) is 0 Å². The van der Waals surface area contributed by atoms with Gasteiger partial charge < -0.3 is 13.8 Å². The number of rotatable bonds is 4. The molecule has 1 aliphatic heterocycles. The summed E-state index contributed by atoms with van der Waals surface area (Å²) in [5, 5.41) is 8.20. The molecule has 1 aliphatic rings. The Balaban J connectivity index is 1.48. The van der Waals surface area contributed by atoms with E-state index in [9.17, 15) is 4.79 Å². The molecule has 0 N–H and O–H groups in total. The molecule has 3 aromatic heterocycles. The minimum atomic E-state index is -0.00778. The van der Waals surface area contributed by atoms with Gasteiger partial charge in [0, 0.05) is 31.7 Å². The van der Waals surface area contributed by atoms with E-state index in [1.165, 1.54) is 0 Å². The molecule has 0 unspecified atom stereocenters. The largest absolute Gasteiger partial charge is 0.459 e. The van der Waals surface area contributed by atoms with Crippen LogP contribution in [0.4, 0.5) is 0 Å². The number of amides is 1. The number of aryl methyl sites for hydroxylation is 1. The molecule has 1 atom stereocenters. The quantitative estimate of drug-likeness (QED) is 0.729. The molecular formula is C16H17N5O3. The first kappa shape index (κ1) is 14.7. The number of furan rings is 1. The van der Waals surface area contributed by atoms with Gasteiger partial charge in [-0.1, -0.05) is 5.16 Å². The molecule has 1 amide bonds. The minimum Gasteiger partial charge on any atom is -0.459 e. The molecular weight excluding hydrogens is 310 g/mol. The molecule has 0 bridgehead atoms. The van der Waals surface area contributed by atoms with Crippen molar-refractivity contribution >= 4 is 5.91 Å². The van der Waals surface area contributed by atoms with Crippen LogP contribution >= 0.6 is 0 Å². The van der Waals surface area contributed by atoms with Crippen molar-refractivity contribution in [2.75, 3.05) is 13.1 Å². The van der Waals surface area contributed by atoms with Gasteiger partial charge in [-0.3, -0.25) is 9.48 Å². The summed E-state index contributed by atoms with van der Waals surface area (Å²) in [5.41, 5.74) is 0.613. The molecule has 1 saturated heterocycles. The zero-order valence-corrected chi connectivity index (χ0v) is 13.3. The molecule has 1 fully saturated rings. The first-order chi connectivity index (χ1) is 11.8. The highest BCUT2D eigenvalue weighted by Crippen LogP contribution is 2.28. The minimum absolute atomic E-state index is 0.00778. The van der Waals surface area contributed by atoms with Crippen LogP contribution in [0.5, 0.6) is 0 Å². The van der Waals surface area contributed by atoms with Crippen molar-refractivity contribution in [3.8, 4) is 11.7 Å². The summed E-state index contributed by atoms with van der Waals surface area (Å²) in [5.74, 6) is 1.59. The van der Waals surface area contributed by atoms with Gasteiger partial charge in [-0.15, -0.1) is 0 Å². The van der Waals surface area contributed by atoms with Crippen molar-refractivity contribution in [2.24, 2.45) is 0 Å². The number of carbonyl (C=O) groups excluding carboxylic acids is 1. The van der Waals surface area contributed by atoms with Crippen LogP contribution in [-0.2, 0) is 6.54 Å². The van der Waals surface area contributed by atoms with Gasteiger partial charge in [0.05, 0.1) is 6.26 Å². The summed E-state index contributed by atoms with van der Waals surface area (Å²) in [4.78, 5) is 18.9. The summed E-state index contributed by atoms with van der Waals surface area (Å²) in [6.45, 7) is 3.88. The number of carbonyl (C=O) groups is 1. The second-order valence-electron chi connectivity index (χ2n) is 5.70. The lowest BCUT2D eigenvalue weighted by Crippen LogP contribution is -2.30. The first-order valence-corrected chi connectivity index (χ1v) is 7.95. The van der Waals surface area contributed by atoms with Gasteiger partial charge in [-0.05, 0) is 31.5 Å². The van der Waals surface area contributed by atoms with Gasteiger partial charge >= 0.3 is 0 Å². The van der Waals surface area contributed by atoms with Crippen LogP contribution in [0.1, 0.15) is 35.6 Å². The maximum absolute atomic E-state index is 12.6. The standard InChI is InChI=1S/C16H17N5O3/c1-2-21-12(5-7-17-21)16(22)20-8-6-11(10-20)14-18-15(24-19-14)13-4-3-9-23-13/h3-5,7,9,11H,2,6,8,10H2,1H3/t11-/m0/s1. The van der Waals surface area contributed by atoms with E-state index in [4.69, 9.17) is 8.94 Å². The van der Waals surface area contributed by atoms with Crippen molar-refractivity contribution < 1.29 is 13.7 Å². The summed E-state index contributed by atoms with van der Waals surface area (Å²) >= 11 is 0. The van der Waals surface area contributed by atoms with Crippen molar-refractivity contribution in [3.05, 3.63) is 42.2 Å². The highest BCUT2D eigenvalue weighted by atomic mass is 16.5. The van der Waals surface area contributed by atoms with E-state index in [-0.39, 0.29) is 11.8 Å². The lowest BCUT2D eigenvalue weighted by atomic mass is 10.1. The highest BCUT2D eigenvalue weighted by Gasteiger charge is 2.32. The zero-order valence-electron chi connectivity index (χ0n) is 13.3.